The zero-order valence-corrected chi connectivity index (χ0v) is 18.0. The molecule has 4 rings (SSSR count). The molecule has 3 aromatic rings. The second-order valence-electron chi connectivity index (χ2n) is 7.53. The van der Waals surface area contributed by atoms with Gasteiger partial charge in [0.2, 0.25) is 0 Å². The molecule has 0 atom stereocenters. The lowest BCUT2D eigenvalue weighted by Gasteiger charge is -2.30. The van der Waals surface area contributed by atoms with Gasteiger partial charge in [-0.15, -0.1) is 0 Å². The summed E-state index contributed by atoms with van der Waals surface area (Å²) in [5.74, 6) is 0. The Morgan fingerprint density at radius 1 is 1.20 bits per heavy atom. The molecule has 1 aliphatic carbocycles. The van der Waals surface area contributed by atoms with Crippen molar-refractivity contribution in [1.29, 1.82) is 0 Å². The normalized spacial score (nSPS) is 18.9. The van der Waals surface area contributed by atoms with Crippen LogP contribution in [0.4, 0.5) is 0 Å². The van der Waals surface area contributed by atoms with Crippen LogP contribution >= 0.6 is 11.6 Å². The third kappa shape index (κ3) is 3.82. The lowest BCUT2D eigenvalue weighted by atomic mass is 9.96. The van der Waals surface area contributed by atoms with Crippen LogP contribution in [0.15, 0.2) is 58.6 Å². The third-order valence-corrected chi connectivity index (χ3v) is 7.85. The van der Waals surface area contributed by atoms with Gasteiger partial charge < -0.3 is 9.67 Å². The minimum Gasteiger partial charge on any atom is -0.393 e. The molecule has 0 amide bonds. The van der Waals surface area contributed by atoms with Gasteiger partial charge in [-0.25, -0.2) is 13.1 Å². The molecule has 9 heteroatoms. The number of pyridine rings is 1. The largest absolute Gasteiger partial charge is 0.393 e. The number of nitrogens with zero attached hydrogens (tertiary/aromatic N) is 3. The average Bonchev–Trinajstić information content (AvgIpc) is 3.17. The summed E-state index contributed by atoms with van der Waals surface area (Å²) in [6.07, 6.45) is 6.01. The maximum Gasteiger partial charge on any atom is 0.250 e. The number of rotatable bonds is 6. The van der Waals surface area contributed by atoms with E-state index in [1.54, 1.807) is 46.0 Å². The topological polar surface area (TPSA) is 94.2 Å². The first-order valence-electron chi connectivity index (χ1n) is 9.77. The first kappa shape index (κ1) is 20.8. The fourth-order valence-electron chi connectivity index (χ4n) is 3.56. The van der Waals surface area contributed by atoms with E-state index in [4.69, 9.17) is 11.6 Å². The van der Waals surface area contributed by atoms with Gasteiger partial charge in [-0.1, -0.05) is 24.6 Å². The molecule has 1 aromatic carbocycles. The number of aliphatic hydroxyl groups is 1. The van der Waals surface area contributed by atoms with Crippen LogP contribution < -0.4 is 5.56 Å². The first-order valence-corrected chi connectivity index (χ1v) is 11.7. The fourth-order valence-corrected chi connectivity index (χ4v) is 5.79. The van der Waals surface area contributed by atoms with Crippen molar-refractivity contribution in [2.24, 2.45) is 0 Å². The lowest BCUT2D eigenvalue weighted by molar-refractivity contribution is 0.0977. The third-order valence-electron chi connectivity index (χ3n) is 5.37. The van der Waals surface area contributed by atoms with Crippen LogP contribution in [0.25, 0.3) is 16.8 Å². The molecule has 0 aliphatic heterocycles. The molecule has 0 bridgehead atoms. The molecule has 7 nitrogen and oxygen atoms in total. The summed E-state index contributed by atoms with van der Waals surface area (Å²) in [5, 5.41) is 13.5. The molecule has 1 fully saturated rings. The predicted molar refractivity (Wildman–Crippen MR) is 115 cm³/mol. The highest BCUT2D eigenvalue weighted by molar-refractivity contribution is 7.92. The van der Waals surface area contributed by atoms with E-state index in [0.717, 1.165) is 17.7 Å². The van der Waals surface area contributed by atoms with Gasteiger partial charge in [0.1, 0.15) is 0 Å². The minimum atomic E-state index is -3.51. The van der Waals surface area contributed by atoms with Crippen LogP contribution in [0.3, 0.4) is 0 Å². The number of aliphatic hydroxyl groups excluding tert-OH is 1. The summed E-state index contributed by atoms with van der Waals surface area (Å²) in [7, 11) is -3.51. The molecule has 1 aliphatic rings. The first-order chi connectivity index (χ1) is 14.3. The van der Waals surface area contributed by atoms with Crippen molar-refractivity contribution in [3.05, 3.63) is 64.3 Å². The Kier molecular flexibility index (Phi) is 5.57. The molecule has 1 N–H and O–H groups in total. The fraction of sp³-hybridized carbons (Fsp3) is 0.333. The Bertz CT molecular complexity index is 1240. The van der Waals surface area contributed by atoms with E-state index in [1.807, 2.05) is 6.92 Å². The molecule has 1 saturated carbocycles. The van der Waals surface area contributed by atoms with E-state index in [0.29, 0.717) is 17.1 Å². The summed E-state index contributed by atoms with van der Waals surface area (Å²) in [6, 6.07) is 7.88. The van der Waals surface area contributed by atoms with Gasteiger partial charge >= 0.3 is 0 Å². The lowest BCUT2D eigenvalue weighted by Crippen LogP contribution is -2.39. The number of halogens is 1. The minimum absolute atomic E-state index is 0.0631. The number of benzene rings is 1. The maximum absolute atomic E-state index is 12.6. The number of hydrogen-bond donors (Lipinski definition) is 1. The highest BCUT2D eigenvalue weighted by atomic mass is 35.5. The van der Waals surface area contributed by atoms with Crippen LogP contribution in [0.5, 0.6) is 0 Å². The van der Waals surface area contributed by atoms with E-state index < -0.39 is 21.2 Å². The van der Waals surface area contributed by atoms with Gasteiger partial charge in [0, 0.05) is 41.2 Å². The monoisotopic (exact) mass is 447 g/mol. The number of aryl methyl sites for hydroxylation is 1. The molecule has 0 saturated heterocycles. The van der Waals surface area contributed by atoms with Gasteiger partial charge in [-0.05, 0) is 37.5 Å². The van der Waals surface area contributed by atoms with Crippen molar-refractivity contribution in [2.45, 2.75) is 49.0 Å². The van der Waals surface area contributed by atoms with Crippen LogP contribution in [0.1, 0.15) is 26.2 Å². The van der Waals surface area contributed by atoms with Gasteiger partial charge in [0.25, 0.3) is 5.56 Å². The predicted octanol–water partition coefficient (Wildman–Crippen LogP) is 3.06. The Morgan fingerprint density at radius 3 is 2.63 bits per heavy atom. The van der Waals surface area contributed by atoms with E-state index in [9.17, 15) is 18.3 Å². The standard InChI is InChI=1S/C21H22ClN3O4S/c1-2-7-24-13-15(3-6-21(24)27)25-12-14(11-23-25)19-5-4-17(10-20(19)22)30(28,29)18-8-16(26)9-18/h3-6,10-13,16,18,26H,2,7-9H2,1H3. The van der Waals surface area contributed by atoms with E-state index >= 15 is 0 Å². The molecule has 2 heterocycles. The summed E-state index contributed by atoms with van der Waals surface area (Å²) in [6.45, 7) is 2.63. The maximum atomic E-state index is 12.6. The summed E-state index contributed by atoms with van der Waals surface area (Å²) in [5.41, 5.74) is 2.08. The quantitative estimate of drug-likeness (QED) is 0.626. The van der Waals surface area contributed by atoms with Crippen LogP contribution in [-0.4, -0.2) is 39.2 Å². The second kappa shape index (κ2) is 8.02. The van der Waals surface area contributed by atoms with Gasteiger partial charge in [-0.2, -0.15) is 5.10 Å². The molecule has 30 heavy (non-hydrogen) atoms. The average molecular weight is 448 g/mol. The van der Waals surface area contributed by atoms with Crippen molar-refractivity contribution < 1.29 is 13.5 Å². The molecular formula is C21H22ClN3O4S. The smallest absolute Gasteiger partial charge is 0.250 e. The van der Waals surface area contributed by atoms with Crippen LogP contribution in [-0.2, 0) is 16.4 Å². The molecule has 0 radical (unpaired) electrons. The highest BCUT2D eigenvalue weighted by Gasteiger charge is 2.38. The number of sulfone groups is 1. The van der Waals surface area contributed by atoms with Crippen molar-refractivity contribution in [2.75, 3.05) is 0 Å². The van der Waals surface area contributed by atoms with Crippen molar-refractivity contribution in [3.63, 3.8) is 0 Å². The van der Waals surface area contributed by atoms with E-state index in [1.165, 1.54) is 12.1 Å². The molecule has 0 spiro atoms. The molecular weight excluding hydrogens is 426 g/mol. The van der Waals surface area contributed by atoms with E-state index in [-0.39, 0.29) is 23.3 Å². The summed E-state index contributed by atoms with van der Waals surface area (Å²) >= 11 is 6.41. The SMILES string of the molecule is CCCn1cc(-n2cc(-c3ccc(S(=O)(=O)C4CC(O)C4)cc3Cl)cn2)ccc1=O. The van der Waals surface area contributed by atoms with E-state index in [2.05, 4.69) is 5.10 Å². The molecule has 158 valence electrons. The van der Waals surface area contributed by atoms with Gasteiger partial charge in [-0.3, -0.25) is 4.79 Å². The zero-order chi connectivity index (χ0) is 21.5. The number of aromatic nitrogens is 3. The van der Waals surface area contributed by atoms with Gasteiger partial charge in [0.05, 0.1) is 28.1 Å². The highest BCUT2D eigenvalue weighted by Crippen LogP contribution is 2.35. The summed E-state index contributed by atoms with van der Waals surface area (Å²) < 4.78 is 28.6. The van der Waals surface area contributed by atoms with Gasteiger partial charge in [0.15, 0.2) is 9.84 Å². The Hall–Kier alpha value is -2.42. The zero-order valence-electron chi connectivity index (χ0n) is 16.4. The Balaban J connectivity index is 1.63. The Morgan fingerprint density at radius 2 is 1.97 bits per heavy atom. The molecule has 0 unspecified atom stereocenters. The van der Waals surface area contributed by atoms with Crippen LogP contribution in [0.2, 0.25) is 5.02 Å². The summed E-state index contributed by atoms with van der Waals surface area (Å²) in [4.78, 5) is 12.1. The Labute approximate surface area is 179 Å². The van der Waals surface area contributed by atoms with Crippen LogP contribution in [0, 0.1) is 0 Å². The number of hydrogen-bond acceptors (Lipinski definition) is 5. The second-order valence-corrected chi connectivity index (χ2v) is 10.2. The molecule has 2 aromatic heterocycles. The van der Waals surface area contributed by atoms with Crippen molar-refractivity contribution >= 4 is 21.4 Å². The van der Waals surface area contributed by atoms with Crippen molar-refractivity contribution in [3.8, 4) is 16.8 Å². The van der Waals surface area contributed by atoms with Crippen molar-refractivity contribution in [1.82, 2.24) is 14.3 Å².